The first-order chi connectivity index (χ1) is 13.8. The molecule has 1 aliphatic rings. The molecule has 2 aromatic carbocycles. The first-order valence-corrected chi connectivity index (χ1v) is 11.0. The van der Waals surface area contributed by atoms with Crippen molar-refractivity contribution < 1.29 is 18.0 Å². The molecule has 2 N–H and O–H groups in total. The Morgan fingerprint density at radius 1 is 0.931 bits per heavy atom. The number of amides is 2. The minimum Gasteiger partial charge on any atom is -0.326 e. The molecule has 0 aromatic heterocycles. The lowest BCUT2D eigenvalue weighted by Gasteiger charge is -2.26. The molecular weight excluding hydrogens is 390 g/mol. The van der Waals surface area contributed by atoms with E-state index in [9.17, 15) is 18.0 Å². The molecule has 0 bridgehead atoms. The maximum absolute atomic E-state index is 12.9. The van der Waals surface area contributed by atoms with E-state index in [1.54, 1.807) is 43.3 Å². The van der Waals surface area contributed by atoms with Crippen LogP contribution in [0.15, 0.2) is 47.4 Å². The molecule has 1 saturated heterocycles. The van der Waals surface area contributed by atoms with Gasteiger partial charge in [0.1, 0.15) is 0 Å². The van der Waals surface area contributed by atoms with E-state index < -0.39 is 15.9 Å². The van der Waals surface area contributed by atoms with Crippen LogP contribution in [0.2, 0.25) is 0 Å². The molecular formula is C21H25N3O4S. The highest BCUT2D eigenvalue weighted by molar-refractivity contribution is 7.89. The Balaban J connectivity index is 1.84. The number of nitrogens with zero attached hydrogens (tertiary/aromatic N) is 1. The quantitative estimate of drug-likeness (QED) is 0.783. The third kappa shape index (κ3) is 5.02. The van der Waals surface area contributed by atoms with Gasteiger partial charge in [-0.25, -0.2) is 8.42 Å². The van der Waals surface area contributed by atoms with Crippen LogP contribution in [0.5, 0.6) is 0 Å². The third-order valence-corrected chi connectivity index (χ3v) is 6.74. The number of nitrogens with one attached hydrogen (secondary N) is 2. The summed E-state index contributed by atoms with van der Waals surface area (Å²) in [5, 5.41) is 5.43. The predicted molar refractivity (Wildman–Crippen MR) is 112 cm³/mol. The fraction of sp³-hybridized carbons (Fsp3) is 0.333. The number of carbonyl (C=O) groups excluding carboxylic acids is 2. The molecule has 1 aliphatic heterocycles. The van der Waals surface area contributed by atoms with E-state index in [2.05, 4.69) is 10.6 Å². The van der Waals surface area contributed by atoms with Gasteiger partial charge in [0.05, 0.1) is 4.90 Å². The Labute approximate surface area is 171 Å². The molecule has 1 heterocycles. The van der Waals surface area contributed by atoms with E-state index in [1.807, 2.05) is 0 Å². The summed E-state index contributed by atoms with van der Waals surface area (Å²) in [5.74, 6) is -0.613. The van der Waals surface area contributed by atoms with Crippen molar-refractivity contribution in [1.29, 1.82) is 0 Å². The van der Waals surface area contributed by atoms with Crippen molar-refractivity contribution in [3.05, 3.63) is 53.6 Å². The lowest BCUT2D eigenvalue weighted by molar-refractivity contribution is -0.114. The number of hydrogen-bond donors (Lipinski definition) is 2. The minimum atomic E-state index is -3.62. The van der Waals surface area contributed by atoms with Crippen LogP contribution in [0.3, 0.4) is 0 Å². The van der Waals surface area contributed by atoms with Crippen molar-refractivity contribution in [2.45, 2.75) is 38.0 Å². The molecule has 0 radical (unpaired) electrons. The number of piperidine rings is 1. The van der Waals surface area contributed by atoms with Crippen molar-refractivity contribution in [2.75, 3.05) is 23.7 Å². The summed E-state index contributed by atoms with van der Waals surface area (Å²) in [6.45, 7) is 4.18. The predicted octanol–water partition coefficient (Wildman–Crippen LogP) is 3.38. The maximum atomic E-state index is 12.9. The molecule has 0 saturated carbocycles. The third-order valence-electron chi connectivity index (χ3n) is 4.85. The van der Waals surface area contributed by atoms with E-state index >= 15 is 0 Å². The van der Waals surface area contributed by atoms with E-state index in [0.717, 1.165) is 19.3 Å². The Kier molecular flexibility index (Phi) is 6.34. The van der Waals surface area contributed by atoms with Crippen molar-refractivity contribution >= 4 is 33.2 Å². The van der Waals surface area contributed by atoms with Crippen LogP contribution < -0.4 is 10.6 Å². The van der Waals surface area contributed by atoms with Gasteiger partial charge >= 0.3 is 0 Å². The number of carbonyl (C=O) groups is 2. The summed E-state index contributed by atoms with van der Waals surface area (Å²) in [4.78, 5) is 24.2. The SMILES string of the molecule is CC(=O)Nc1cccc(NC(=O)c2cc(S(=O)(=O)N3CCCCC3)ccc2C)c1. The molecule has 7 nitrogen and oxygen atoms in total. The van der Waals surface area contributed by atoms with Gasteiger partial charge in [0.15, 0.2) is 0 Å². The van der Waals surface area contributed by atoms with Crippen LogP contribution >= 0.6 is 0 Å². The first kappa shape index (κ1) is 21.0. The van der Waals surface area contributed by atoms with Crippen molar-refractivity contribution in [2.24, 2.45) is 0 Å². The highest BCUT2D eigenvalue weighted by Gasteiger charge is 2.27. The van der Waals surface area contributed by atoms with Crippen molar-refractivity contribution in [1.82, 2.24) is 4.31 Å². The van der Waals surface area contributed by atoms with E-state index in [0.29, 0.717) is 35.6 Å². The highest BCUT2D eigenvalue weighted by Crippen LogP contribution is 2.24. The molecule has 2 amide bonds. The standard InChI is InChI=1S/C21H25N3O4S/c1-15-9-10-19(29(27,28)24-11-4-3-5-12-24)14-20(15)21(26)23-18-8-6-7-17(13-18)22-16(2)25/h6-10,13-14H,3-5,11-12H2,1-2H3,(H,22,25)(H,23,26). The minimum absolute atomic E-state index is 0.127. The average molecular weight is 416 g/mol. The molecule has 0 spiro atoms. The van der Waals surface area contributed by atoms with E-state index in [4.69, 9.17) is 0 Å². The van der Waals surface area contributed by atoms with Crippen LogP contribution in [0, 0.1) is 6.92 Å². The molecule has 29 heavy (non-hydrogen) atoms. The Hall–Kier alpha value is -2.71. The second-order valence-corrected chi connectivity index (χ2v) is 9.10. The molecule has 0 atom stereocenters. The van der Waals surface area contributed by atoms with E-state index in [1.165, 1.54) is 17.3 Å². The van der Waals surface area contributed by atoms with Crippen LogP contribution in [0.25, 0.3) is 0 Å². The topological polar surface area (TPSA) is 95.6 Å². The number of hydrogen-bond acceptors (Lipinski definition) is 4. The smallest absolute Gasteiger partial charge is 0.255 e. The zero-order chi connectivity index (χ0) is 21.0. The number of rotatable bonds is 5. The number of anilines is 2. The van der Waals surface area contributed by atoms with Crippen LogP contribution in [-0.2, 0) is 14.8 Å². The van der Waals surface area contributed by atoms with Gasteiger partial charge in [0.25, 0.3) is 5.91 Å². The number of sulfonamides is 1. The zero-order valence-electron chi connectivity index (χ0n) is 16.6. The number of benzene rings is 2. The second-order valence-electron chi connectivity index (χ2n) is 7.16. The Morgan fingerprint density at radius 3 is 2.24 bits per heavy atom. The van der Waals surface area contributed by atoms with Crippen LogP contribution in [0.1, 0.15) is 42.1 Å². The van der Waals surface area contributed by atoms with Crippen molar-refractivity contribution in [3.8, 4) is 0 Å². The summed E-state index contributed by atoms with van der Waals surface area (Å²) < 4.78 is 27.4. The Bertz CT molecular complexity index is 1030. The number of aryl methyl sites for hydroxylation is 1. The van der Waals surface area contributed by atoms with Gasteiger partial charge in [0, 0.05) is 37.0 Å². The molecule has 0 aliphatic carbocycles. The van der Waals surface area contributed by atoms with Crippen LogP contribution in [-0.4, -0.2) is 37.6 Å². The average Bonchev–Trinajstić information content (AvgIpc) is 2.68. The zero-order valence-corrected chi connectivity index (χ0v) is 17.4. The summed E-state index contributed by atoms with van der Waals surface area (Å²) in [6, 6.07) is 11.4. The fourth-order valence-electron chi connectivity index (χ4n) is 3.34. The maximum Gasteiger partial charge on any atom is 0.255 e. The van der Waals surface area contributed by atoms with Gasteiger partial charge < -0.3 is 10.6 Å². The molecule has 1 fully saturated rings. The van der Waals surface area contributed by atoms with Gasteiger partial charge in [-0.3, -0.25) is 9.59 Å². The fourth-order valence-corrected chi connectivity index (χ4v) is 4.88. The molecule has 3 rings (SSSR count). The van der Waals surface area contributed by atoms with Crippen molar-refractivity contribution in [3.63, 3.8) is 0 Å². The largest absolute Gasteiger partial charge is 0.326 e. The summed E-state index contributed by atoms with van der Waals surface area (Å²) in [7, 11) is -3.62. The Morgan fingerprint density at radius 2 is 1.59 bits per heavy atom. The monoisotopic (exact) mass is 415 g/mol. The van der Waals surface area contributed by atoms with Gasteiger partial charge in [-0.05, 0) is 55.7 Å². The summed E-state index contributed by atoms with van der Waals surface area (Å²) >= 11 is 0. The van der Waals surface area contributed by atoms with Gasteiger partial charge in [0.2, 0.25) is 15.9 Å². The summed E-state index contributed by atoms with van der Waals surface area (Å²) in [6.07, 6.45) is 2.73. The van der Waals surface area contributed by atoms with Gasteiger partial charge in [-0.2, -0.15) is 4.31 Å². The van der Waals surface area contributed by atoms with E-state index in [-0.39, 0.29) is 10.8 Å². The molecule has 154 valence electrons. The second kappa shape index (κ2) is 8.75. The summed E-state index contributed by atoms with van der Waals surface area (Å²) in [5.41, 5.74) is 2.05. The lowest BCUT2D eigenvalue weighted by atomic mass is 10.1. The normalized spacial score (nSPS) is 15.0. The molecule has 0 unspecified atom stereocenters. The molecule has 8 heteroatoms. The van der Waals surface area contributed by atoms with Crippen LogP contribution in [0.4, 0.5) is 11.4 Å². The van der Waals surface area contributed by atoms with Gasteiger partial charge in [-0.15, -0.1) is 0 Å². The van der Waals surface area contributed by atoms with Gasteiger partial charge in [-0.1, -0.05) is 18.6 Å². The first-order valence-electron chi connectivity index (χ1n) is 9.57. The molecule has 2 aromatic rings. The highest BCUT2D eigenvalue weighted by atomic mass is 32.2. The lowest BCUT2D eigenvalue weighted by Crippen LogP contribution is -2.35.